The fraction of sp³-hybridized carbons (Fsp3) is 0.214. The Morgan fingerprint density at radius 2 is 1.88 bits per heavy atom. The van der Waals surface area contributed by atoms with Gasteiger partial charge in [-0.1, -0.05) is 29.3 Å². The predicted molar refractivity (Wildman–Crippen MR) is 96.7 cm³/mol. The van der Waals surface area contributed by atoms with E-state index in [-0.39, 0.29) is 38.0 Å². The number of rotatable bonds is 5. The summed E-state index contributed by atoms with van der Waals surface area (Å²) in [6.07, 6.45) is 0. The van der Waals surface area contributed by atoms with Gasteiger partial charge in [0, 0.05) is 7.05 Å². The molecule has 3 aromatic rings. The molecule has 26 heavy (non-hydrogen) atoms. The summed E-state index contributed by atoms with van der Waals surface area (Å²) in [5.41, 5.74) is 0.323. The number of fused-ring (bicyclic) bond motifs is 1. The van der Waals surface area contributed by atoms with Crippen LogP contribution in [0.5, 0.6) is 11.9 Å². The van der Waals surface area contributed by atoms with Crippen LogP contribution in [-0.4, -0.2) is 42.4 Å². The normalized spacial score (nSPS) is 11.6. The molecule has 0 amide bonds. The van der Waals surface area contributed by atoms with Crippen molar-refractivity contribution in [3.63, 3.8) is 0 Å². The molecule has 0 saturated heterocycles. The van der Waals surface area contributed by atoms with Gasteiger partial charge in [-0.25, -0.2) is 13.1 Å². The molecular formula is C14H13Cl2N5O4S. The molecule has 0 spiro atoms. The van der Waals surface area contributed by atoms with E-state index in [9.17, 15) is 8.42 Å². The van der Waals surface area contributed by atoms with Crippen molar-refractivity contribution in [2.24, 2.45) is 7.05 Å². The maximum absolute atomic E-state index is 12.8. The molecule has 12 heteroatoms. The van der Waals surface area contributed by atoms with Crippen molar-refractivity contribution in [2.45, 2.75) is 4.90 Å². The summed E-state index contributed by atoms with van der Waals surface area (Å²) >= 11 is 11.9. The number of ether oxygens (including phenoxy) is 2. The second-order valence-corrected chi connectivity index (χ2v) is 7.48. The number of halogens is 2. The average Bonchev–Trinajstić information content (AvgIpc) is 2.93. The van der Waals surface area contributed by atoms with Gasteiger partial charge in [0.05, 0.1) is 24.3 Å². The van der Waals surface area contributed by atoms with E-state index in [1.165, 1.54) is 37.1 Å². The largest absolute Gasteiger partial charge is 0.479 e. The molecular weight excluding hydrogens is 405 g/mol. The summed E-state index contributed by atoms with van der Waals surface area (Å²) in [7, 11) is 0.288. The Morgan fingerprint density at radius 3 is 2.54 bits per heavy atom. The highest BCUT2D eigenvalue weighted by Gasteiger charge is 2.25. The van der Waals surface area contributed by atoms with Crippen molar-refractivity contribution in [2.75, 3.05) is 18.9 Å². The van der Waals surface area contributed by atoms with Crippen LogP contribution in [0.2, 0.25) is 10.0 Å². The molecule has 0 aliphatic carbocycles. The highest BCUT2D eigenvalue weighted by Crippen LogP contribution is 2.34. The molecule has 1 N–H and O–H groups in total. The number of anilines is 1. The zero-order chi connectivity index (χ0) is 19.1. The maximum Gasteiger partial charge on any atom is 0.320 e. The van der Waals surface area contributed by atoms with Gasteiger partial charge in [0.2, 0.25) is 5.88 Å². The summed E-state index contributed by atoms with van der Waals surface area (Å²) in [5, 5.41) is 4.42. The molecule has 138 valence electrons. The number of nitrogens with zero attached hydrogens (tertiary/aromatic N) is 4. The van der Waals surface area contributed by atoms with Gasteiger partial charge in [-0.3, -0.25) is 4.72 Å². The van der Waals surface area contributed by atoms with Crippen LogP contribution < -0.4 is 14.2 Å². The second kappa shape index (κ2) is 6.78. The Labute approximate surface area is 158 Å². The van der Waals surface area contributed by atoms with Gasteiger partial charge in [0.15, 0.2) is 11.5 Å². The molecule has 2 aromatic heterocycles. The third kappa shape index (κ3) is 3.11. The first-order chi connectivity index (χ1) is 12.3. The minimum atomic E-state index is -4.10. The van der Waals surface area contributed by atoms with E-state index < -0.39 is 10.0 Å². The fourth-order valence-electron chi connectivity index (χ4n) is 2.28. The minimum absolute atomic E-state index is 0.0435. The topological polar surface area (TPSA) is 108 Å². The van der Waals surface area contributed by atoms with E-state index >= 15 is 0 Å². The smallest absolute Gasteiger partial charge is 0.320 e. The van der Waals surface area contributed by atoms with Gasteiger partial charge in [-0.15, -0.1) is 5.10 Å². The summed E-state index contributed by atoms with van der Waals surface area (Å²) in [5.74, 6) is 0.0906. The number of nitrogens with one attached hydrogen (secondary N) is 1. The van der Waals surface area contributed by atoms with Gasteiger partial charge >= 0.3 is 6.01 Å². The van der Waals surface area contributed by atoms with Crippen LogP contribution in [0.25, 0.3) is 11.0 Å². The lowest BCUT2D eigenvalue weighted by Crippen LogP contribution is -2.15. The molecule has 0 atom stereocenters. The lowest BCUT2D eigenvalue weighted by molar-refractivity contribution is 0.382. The maximum atomic E-state index is 12.8. The number of hydrogen-bond donors (Lipinski definition) is 1. The number of hydrogen-bond acceptors (Lipinski definition) is 7. The highest BCUT2D eigenvalue weighted by molar-refractivity contribution is 7.92. The number of aryl methyl sites for hydroxylation is 1. The minimum Gasteiger partial charge on any atom is -0.479 e. The summed E-state index contributed by atoms with van der Waals surface area (Å²) < 4.78 is 39.6. The zero-order valence-corrected chi connectivity index (χ0v) is 16.1. The monoisotopic (exact) mass is 417 g/mol. The molecule has 0 fully saturated rings. The number of sulfonamides is 1. The van der Waals surface area contributed by atoms with E-state index in [4.69, 9.17) is 32.7 Å². The van der Waals surface area contributed by atoms with Crippen LogP contribution in [0.15, 0.2) is 23.1 Å². The molecule has 0 bridgehead atoms. The molecule has 0 saturated carbocycles. The van der Waals surface area contributed by atoms with Crippen molar-refractivity contribution in [3.05, 3.63) is 28.2 Å². The van der Waals surface area contributed by atoms with E-state index in [0.29, 0.717) is 5.65 Å². The third-order valence-corrected chi connectivity index (χ3v) is 5.76. The van der Waals surface area contributed by atoms with E-state index in [0.717, 1.165) is 0 Å². The van der Waals surface area contributed by atoms with E-state index in [1.807, 2.05) is 0 Å². The number of aromatic nitrogens is 4. The van der Waals surface area contributed by atoms with Crippen LogP contribution >= 0.6 is 23.2 Å². The quantitative estimate of drug-likeness (QED) is 0.678. The fourth-order valence-corrected chi connectivity index (χ4v) is 4.05. The molecule has 0 aliphatic rings. The van der Waals surface area contributed by atoms with Gasteiger partial charge < -0.3 is 9.47 Å². The Bertz CT molecular complexity index is 1100. The van der Waals surface area contributed by atoms with E-state index in [1.54, 1.807) is 7.05 Å². The zero-order valence-electron chi connectivity index (χ0n) is 13.8. The summed E-state index contributed by atoms with van der Waals surface area (Å²) in [4.78, 5) is 8.04. The van der Waals surface area contributed by atoms with Crippen molar-refractivity contribution < 1.29 is 17.9 Å². The van der Waals surface area contributed by atoms with Crippen LogP contribution in [0, 0.1) is 0 Å². The van der Waals surface area contributed by atoms with Crippen LogP contribution in [0.4, 0.5) is 5.82 Å². The second-order valence-electron chi connectivity index (χ2n) is 5.05. The van der Waals surface area contributed by atoms with Gasteiger partial charge in [0.1, 0.15) is 10.3 Å². The summed E-state index contributed by atoms with van der Waals surface area (Å²) in [6, 6.07) is 4.24. The Hall–Kier alpha value is -2.30. The highest BCUT2D eigenvalue weighted by atomic mass is 35.5. The van der Waals surface area contributed by atoms with Crippen molar-refractivity contribution in [3.8, 4) is 11.9 Å². The lowest BCUT2D eigenvalue weighted by atomic mass is 10.4. The van der Waals surface area contributed by atoms with Crippen molar-refractivity contribution >= 4 is 50.1 Å². The number of methoxy groups -OCH3 is 2. The van der Waals surface area contributed by atoms with Crippen LogP contribution in [0.1, 0.15) is 0 Å². The van der Waals surface area contributed by atoms with Gasteiger partial charge in [-0.05, 0) is 12.1 Å². The summed E-state index contributed by atoms with van der Waals surface area (Å²) in [6.45, 7) is 0. The molecule has 9 nitrogen and oxygen atoms in total. The van der Waals surface area contributed by atoms with Gasteiger partial charge in [0.25, 0.3) is 10.0 Å². The predicted octanol–water partition coefficient (Wildman–Crippen LogP) is 2.49. The lowest BCUT2D eigenvalue weighted by Gasteiger charge is -2.11. The Balaban J connectivity index is 2.20. The van der Waals surface area contributed by atoms with Crippen molar-refractivity contribution in [1.82, 2.24) is 19.7 Å². The Morgan fingerprint density at radius 1 is 1.15 bits per heavy atom. The van der Waals surface area contributed by atoms with Crippen LogP contribution in [0.3, 0.4) is 0 Å². The molecule has 1 aromatic carbocycles. The molecule has 3 rings (SSSR count). The first kappa shape index (κ1) is 18.5. The third-order valence-electron chi connectivity index (χ3n) is 3.44. The first-order valence-electron chi connectivity index (χ1n) is 7.08. The van der Waals surface area contributed by atoms with Gasteiger partial charge in [-0.2, -0.15) is 9.97 Å². The average molecular weight is 418 g/mol. The standard InChI is InChI=1S/C14H13Cl2N5O4S/c1-21-12-9(13(19-21)24-2)11(17-14(18-12)25-3)20-26(22,23)8-6-4-5-7(15)10(8)16/h4-6H,1-3H3,(H,17,18,20). The van der Waals surface area contributed by atoms with E-state index in [2.05, 4.69) is 19.8 Å². The van der Waals surface area contributed by atoms with Crippen LogP contribution in [-0.2, 0) is 17.1 Å². The van der Waals surface area contributed by atoms with Crippen molar-refractivity contribution in [1.29, 1.82) is 0 Å². The Kier molecular flexibility index (Phi) is 4.82. The SMILES string of the molecule is COc1nc(NS(=O)(=O)c2cccc(Cl)c2Cl)c2c(OC)nn(C)c2n1. The molecule has 0 unspecified atom stereocenters. The first-order valence-corrected chi connectivity index (χ1v) is 9.32. The molecule has 0 aliphatic heterocycles. The molecule has 2 heterocycles. The number of benzene rings is 1. The molecule has 0 radical (unpaired) electrons.